The van der Waals surface area contributed by atoms with Crippen LogP contribution in [0.3, 0.4) is 0 Å². The normalized spacial score (nSPS) is 12.9. The topological polar surface area (TPSA) is 75.7 Å². The zero-order chi connectivity index (χ0) is 16.8. The van der Waals surface area contributed by atoms with Crippen molar-refractivity contribution in [3.8, 4) is 12.1 Å². The van der Waals surface area contributed by atoms with Crippen LogP contribution in [-0.2, 0) is 0 Å². The van der Waals surface area contributed by atoms with Crippen LogP contribution in [0.15, 0.2) is 29.8 Å². The third kappa shape index (κ3) is 13.6. The molecule has 21 heavy (non-hydrogen) atoms. The Hall–Kier alpha value is -2.63. The maximum atomic E-state index is 9.87. The first-order valence-electron chi connectivity index (χ1n) is 4.78. The predicted molar refractivity (Wildman–Crippen MR) is 64.0 cm³/mol. The molecule has 1 aromatic carbocycles. The van der Waals surface area contributed by atoms with Crippen molar-refractivity contribution in [2.24, 2.45) is 0 Å². The molecule has 0 amide bonds. The third-order valence-electron chi connectivity index (χ3n) is 1.56. The van der Waals surface area contributed by atoms with Gasteiger partial charge in [0.2, 0.25) is 5.39 Å². The molecule has 0 unspecified atom stereocenters. The molecule has 0 fully saturated rings. The minimum atomic E-state index is -10.7. The first-order valence-corrected chi connectivity index (χ1v) is 6.81. The summed E-state index contributed by atoms with van der Waals surface area (Å²) in [6.07, 6.45) is 1.46. The summed E-state index contributed by atoms with van der Waals surface area (Å²) in [7, 11) is -10.7. The molecule has 0 spiro atoms. The molecule has 0 saturated carbocycles. The Labute approximate surface area is 114 Å². The monoisotopic (exact) mass is 326 g/mol. The van der Waals surface area contributed by atoms with Gasteiger partial charge in [0.05, 0.1) is 0 Å². The molecule has 0 aliphatic carbocycles. The van der Waals surface area contributed by atoms with E-state index in [0.29, 0.717) is 5.69 Å². The first kappa shape index (κ1) is 18.4. The minimum absolute atomic E-state index is 0.0405. The Bertz CT molecular complexity index is 642. The Morgan fingerprint density at radius 1 is 0.952 bits per heavy atom. The second kappa shape index (κ2) is 5.40. The summed E-state index contributed by atoms with van der Waals surface area (Å²) in [5, 5.41) is 25.4. The number of halogens is 6. The minimum Gasteiger partial charge on any atom is -0.192 e. The van der Waals surface area contributed by atoms with Crippen LogP contribution in [0, 0.1) is 28.1 Å². The van der Waals surface area contributed by atoms with Crippen molar-refractivity contribution >= 4 is 19.6 Å². The van der Waals surface area contributed by atoms with Crippen LogP contribution in [-0.4, -0.2) is 0 Å². The summed E-state index contributed by atoms with van der Waals surface area (Å²) in [5.41, 5.74) is 1.19. The summed E-state index contributed by atoms with van der Waals surface area (Å²) in [4.78, 5) is 2.98. The molecule has 0 atom stereocenters. The average molecular weight is 326 g/mol. The molecule has 0 saturated heterocycles. The van der Waals surface area contributed by atoms with Crippen LogP contribution in [0.4, 0.5) is 30.9 Å². The number of diazo groups is 1. The van der Waals surface area contributed by atoms with Crippen LogP contribution in [0.1, 0.15) is 5.56 Å². The smallest absolute Gasteiger partial charge is 0.192 e. The van der Waals surface area contributed by atoms with E-state index in [1.54, 1.807) is 36.4 Å². The van der Waals surface area contributed by atoms with Gasteiger partial charge in [-0.15, -0.1) is 0 Å². The largest absolute Gasteiger partial charge is 0.385 e. The van der Waals surface area contributed by atoms with Crippen molar-refractivity contribution in [2.45, 2.75) is 0 Å². The van der Waals surface area contributed by atoms with Gasteiger partial charge >= 0.3 is 38.7 Å². The van der Waals surface area contributed by atoms with E-state index < -0.39 is 7.81 Å². The van der Waals surface area contributed by atoms with Crippen molar-refractivity contribution in [1.29, 1.82) is 15.9 Å². The Balaban J connectivity index is 0.000000486. The fourth-order valence-electron chi connectivity index (χ4n) is 0.893. The van der Waals surface area contributed by atoms with Gasteiger partial charge in [-0.25, -0.2) is 0 Å². The van der Waals surface area contributed by atoms with Gasteiger partial charge in [-0.05, 0) is 23.8 Å². The number of nitrogens with zero attached hydrogens (tertiary/aromatic N) is 4. The molecular formula is C10H5F6N4P. The average Bonchev–Trinajstić information content (AvgIpc) is 2.33. The Kier molecular flexibility index (Phi) is 4.72. The van der Waals surface area contributed by atoms with E-state index in [9.17, 15) is 25.2 Å². The molecule has 1 rings (SSSR count). The Morgan fingerprint density at radius 2 is 1.33 bits per heavy atom. The van der Waals surface area contributed by atoms with Crippen molar-refractivity contribution in [3.05, 3.63) is 40.4 Å². The molecule has 1 aromatic rings. The second-order valence-electron chi connectivity index (χ2n) is 3.43. The van der Waals surface area contributed by atoms with Gasteiger partial charge in [0.15, 0.2) is 4.98 Å². The molecule has 112 valence electrons. The van der Waals surface area contributed by atoms with Crippen LogP contribution in [0.25, 0.3) is 11.1 Å². The van der Waals surface area contributed by atoms with E-state index in [4.69, 9.17) is 15.9 Å². The molecule has 0 bridgehead atoms. The molecule has 0 aliphatic rings. The van der Waals surface area contributed by atoms with E-state index in [-0.39, 0.29) is 5.57 Å². The summed E-state index contributed by atoms with van der Waals surface area (Å²) in [5.74, 6) is 0. The molecule has 0 heterocycles. The quantitative estimate of drug-likeness (QED) is 0.275. The number of hydrogen-bond acceptors (Lipinski definition) is 3. The van der Waals surface area contributed by atoms with Crippen molar-refractivity contribution in [2.75, 3.05) is 0 Å². The van der Waals surface area contributed by atoms with Crippen LogP contribution in [0.5, 0.6) is 0 Å². The Morgan fingerprint density at radius 3 is 1.62 bits per heavy atom. The second-order valence-corrected chi connectivity index (χ2v) is 5.35. The fraction of sp³-hybridized carbons (Fsp3) is 0. The van der Waals surface area contributed by atoms with Gasteiger partial charge < -0.3 is 0 Å². The van der Waals surface area contributed by atoms with Crippen molar-refractivity contribution < 1.29 is 25.2 Å². The maximum Gasteiger partial charge on any atom is 0.385 e. The van der Waals surface area contributed by atoms with E-state index in [1.165, 1.54) is 6.08 Å². The van der Waals surface area contributed by atoms with E-state index in [1.807, 2.05) is 0 Å². The SMILES string of the molecule is F[P-](F)(F)(F)(F)F.N#CC(C#N)=Cc1ccc([N+]#N)cc1. The van der Waals surface area contributed by atoms with Gasteiger partial charge in [-0.2, -0.15) is 10.5 Å². The molecule has 11 heteroatoms. The zero-order valence-corrected chi connectivity index (χ0v) is 10.8. The van der Waals surface area contributed by atoms with Gasteiger partial charge in [0.1, 0.15) is 17.7 Å². The predicted octanol–water partition coefficient (Wildman–Crippen LogP) is 5.98. The van der Waals surface area contributed by atoms with Crippen LogP contribution >= 0.6 is 7.81 Å². The van der Waals surface area contributed by atoms with E-state index in [2.05, 4.69) is 4.98 Å². The molecule has 0 N–H and O–H groups in total. The van der Waals surface area contributed by atoms with Crippen LogP contribution < -0.4 is 0 Å². The zero-order valence-electron chi connectivity index (χ0n) is 9.89. The molecule has 0 aromatic heterocycles. The summed E-state index contributed by atoms with van der Waals surface area (Å²) >= 11 is 0. The van der Waals surface area contributed by atoms with E-state index in [0.717, 1.165) is 5.56 Å². The third-order valence-corrected chi connectivity index (χ3v) is 1.56. The molecule has 0 aliphatic heterocycles. The van der Waals surface area contributed by atoms with Crippen molar-refractivity contribution in [1.82, 2.24) is 0 Å². The number of hydrogen-bond donors (Lipinski definition) is 0. The van der Waals surface area contributed by atoms with Gasteiger partial charge in [0.25, 0.3) is 0 Å². The fourth-order valence-corrected chi connectivity index (χ4v) is 0.893. The van der Waals surface area contributed by atoms with Crippen molar-refractivity contribution in [3.63, 3.8) is 0 Å². The van der Waals surface area contributed by atoms with E-state index >= 15 is 0 Å². The van der Waals surface area contributed by atoms with Crippen LogP contribution in [0.2, 0.25) is 0 Å². The summed E-state index contributed by atoms with van der Waals surface area (Å²) in [6, 6.07) is 9.99. The first-order chi connectivity index (χ1) is 9.25. The summed E-state index contributed by atoms with van der Waals surface area (Å²) in [6.45, 7) is 0. The van der Waals surface area contributed by atoms with Gasteiger partial charge in [0, 0.05) is 12.1 Å². The van der Waals surface area contributed by atoms with Gasteiger partial charge in [-0.3, -0.25) is 0 Å². The standard InChI is InChI=1S/C10H5N4.F6P/c11-6-9(7-12)5-8-1-3-10(14-13)4-2-8;1-7(2,3,4,5)6/h1-5H;/q+1;-1. The number of nitriles is 2. The molecule has 4 nitrogen and oxygen atoms in total. The summed E-state index contributed by atoms with van der Waals surface area (Å²) < 4.78 is 59.2. The molecule has 0 radical (unpaired) electrons. The number of benzene rings is 1. The maximum absolute atomic E-state index is 10.7. The molecular weight excluding hydrogens is 321 g/mol. The number of rotatable bonds is 1. The van der Waals surface area contributed by atoms with Gasteiger partial charge in [-0.1, -0.05) is 0 Å². The number of allylic oxidation sites excluding steroid dienone is 1.